The largest absolute Gasteiger partial charge is 0.456 e. The van der Waals surface area contributed by atoms with Crippen LogP contribution in [0.2, 0.25) is 0 Å². The predicted molar refractivity (Wildman–Crippen MR) is 73.4 cm³/mol. The molecule has 0 spiro atoms. The van der Waals surface area contributed by atoms with Crippen LogP contribution in [0.25, 0.3) is 6.08 Å². The maximum absolute atomic E-state index is 12.1. The van der Waals surface area contributed by atoms with Crippen molar-refractivity contribution in [1.82, 2.24) is 0 Å². The van der Waals surface area contributed by atoms with Crippen LogP contribution in [0.4, 0.5) is 0 Å². The molecule has 2 nitrogen and oxygen atoms in total. The average molecular weight is 244 g/mol. The lowest BCUT2D eigenvalue weighted by Crippen LogP contribution is -2.33. The number of esters is 1. The molecule has 1 fully saturated rings. The topological polar surface area (TPSA) is 26.3 Å². The fourth-order valence-electron chi connectivity index (χ4n) is 2.44. The molecule has 0 heterocycles. The van der Waals surface area contributed by atoms with E-state index in [1.54, 1.807) is 18.2 Å². The number of hydrogen-bond acceptors (Lipinski definition) is 2. The molecule has 2 rings (SSSR count). The summed E-state index contributed by atoms with van der Waals surface area (Å²) in [6.45, 7) is 5.74. The fraction of sp³-hybridized carbons (Fsp3) is 0.438. The first-order valence-electron chi connectivity index (χ1n) is 6.59. The lowest BCUT2D eigenvalue weighted by molar-refractivity contribution is -0.0269. The van der Waals surface area contributed by atoms with Crippen molar-refractivity contribution in [3.05, 3.63) is 42.0 Å². The SMILES string of the molecule is C=Cc1ccc(C(=O)OC2(C)CCCCC2)cc1. The van der Waals surface area contributed by atoms with Gasteiger partial charge in [-0.3, -0.25) is 0 Å². The van der Waals surface area contributed by atoms with Crippen LogP contribution in [-0.4, -0.2) is 11.6 Å². The highest BCUT2D eigenvalue weighted by atomic mass is 16.6. The normalized spacial score (nSPS) is 18.1. The van der Waals surface area contributed by atoms with Crippen molar-refractivity contribution in [2.45, 2.75) is 44.6 Å². The first kappa shape index (κ1) is 12.9. The number of ether oxygens (including phenoxy) is 1. The molecule has 1 aliphatic carbocycles. The molecule has 0 atom stereocenters. The van der Waals surface area contributed by atoms with E-state index in [9.17, 15) is 4.79 Å². The van der Waals surface area contributed by atoms with E-state index in [4.69, 9.17) is 4.74 Å². The minimum Gasteiger partial charge on any atom is -0.456 e. The average Bonchev–Trinajstić information content (AvgIpc) is 2.39. The first-order valence-corrected chi connectivity index (χ1v) is 6.59. The van der Waals surface area contributed by atoms with E-state index in [0.717, 1.165) is 31.2 Å². The van der Waals surface area contributed by atoms with Crippen LogP contribution in [-0.2, 0) is 4.74 Å². The summed E-state index contributed by atoms with van der Waals surface area (Å²) in [5.41, 5.74) is 1.36. The predicted octanol–water partition coefficient (Wildman–Crippen LogP) is 4.21. The summed E-state index contributed by atoms with van der Waals surface area (Å²) in [6, 6.07) is 7.36. The molecule has 2 heteroatoms. The van der Waals surface area contributed by atoms with Crippen LogP contribution in [0.1, 0.15) is 54.9 Å². The monoisotopic (exact) mass is 244 g/mol. The molecule has 18 heavy (non-hydrogen) atoms. The molecule has 0 unspecified atom stereocenters. The number of hydrogen-bond donors (Lipinski definition) is 0. The van der Waals surface area contributed by atoms with Gasteiger partial charge < -0.3 is 4.74 Å². The van der Waals surface area contributed by atoms with Crippen molar-refractivity contribution in [2.24, 2.45) is 0 Å². The van der Waals surface area contributed by atoms with E-state index in [1.807, 2.05) is 19.1 Å². The van der Waals surface area contributed by atoms with Crippen molar-refractivity contribution in [3.63, 3.8) is 0 Å². The van der Waals surface area contributed by atoms with E-state index < -0.39 is 0 Å². The van der Waals surface area contributed by atoms with Gasteiger partial charge in [-0.05, 0) is 50.3 Å². The summed E-state index contributed by atoms with van der Waals surface area (Å²) in [7, 11) is 0. The molecule has 0 aliphatic heterocycles. The minimum atomic E-state index is -0.271. The Kier molecular flexibility index (Phi) is 3.85. The summed E-state index contributed by atoms with van der Waals surface area (Å²) in [4.78, 5) is 12.1. The number of rotatable bonds is 3. The molecule has 0 bridgehead atoms. The fourth-order valence-corrected chi connectivity index (χ4v) is 2.44. The Morgan fingerprint density at radius 1 is 1.22 bits per heavy atom. The van der Waals surface area contributed by atoms with Gasteiger partial charge in [-0.25, -0.2) is 4.79 Å². The Morgan fingerprint density at radius 2 is 1.83 bits per heavy atom. The van der Waals surface area contributed by atoms with Crippen molar-refractivity contribution in [2.75, 3.05) is 0 Å². The second-order valence-corrected chi connectivity index (χ2v) is 5.23. The number of carbonyl (C=O) groups is 1. The van der Waals surface area contributed by atoms with Crippen LogP contribution >= 0.6 is 0 Å². The number of carbonyl (C=O) groups excluding carboxylic acids is 1. The highest BCUT2D eigenvalue weighted by Crippen LogP contribution is 2.31. The van der Waals surface area contributed by atoms with Crippen molar-refractivity contribution in [3.8, 4) is 0 Å². The van der Waals surface area contributed by atoms with Crippen LogP contribution < -0.4 is 0 Å². The van der Waals surface area contributed by atoms with Crippen LogP contribution in [0, 0.1) is 0 Å². The minimum absolute atomic E-state index is 0.213. The van der Waals surface area contributed by atoms with E-state index in [-0.39, 0.29) is 11.6 Å². The molecule has 1 saturated carbocycles. The van der Waals surface area contributed by atoms with Gasteiger partial charge in [0.15, 0.2) is 0 Å². The molecular formula is C16H20O2. The second kappa shape index (κ2) is 5.38. The van der Waals surface area contributed by atoms with Gasteiger partial charge >= 0.3 is 5.97 Å². The van der Waals surface area contributed by atoms with Gasteiger partial charge in [0.25, 0.3) is 0 Å². The zero-order valence-corrected chi connectivity index (χ0v) is 10.9. The third-order valence-electron chi connectivity index (χ3n) is 3.63. The molecule has 0 N–H and O–H groups in total. The van der Waals surface area contributed by atoms with Crippen molar-refractivity contribution >= 4 is 12.0 Å². The van der Waals surface area contributed by atoms with Gasteiger partial charge in [0.1, 0.15) is 5.60 Å². The highest BCUT2D eigenvalue weighted by molar-refractivity contribution is 5.89. The van der Waals surface area contributed by atoms with E-state index in [2.05, 4.69) is 6.58 Å². The quantitative estimate of drug-likeness (QED) is 0.744. The molecule has 1 aromatic carbocycles. The van der Waals surface area contributed by atoms with Gasteiger partial charge in [0.05, 0.1) is 5.56 Å². The third kappa shape index (κ3) is 3.00. The van der Waals surface area contributed by atoms with Crippen LogP contribution in [0.3, 0.4) is 0 Å². The van der Waals surface area contributed by atoms with Gasteiger partial charge in [-0.1, -0.05) is 31.2 Å². The molecule has 0 saturated heterocycles. The second-order valence-electron chi connectivity index (χ2n) is 5.23. The summed E-state index contributed by atoms with van der Waals surface area (Å²) in [5, 5.41) is 0. The maximum atomic E-state index is 12.1. The summed E-state index contributed by atoms with van der Waals surface area (Å²) >= 11 is 0. The van der Waals surface area contributed by atoms with Crippen LogP contribution in [0.15, 0.2) is 30.8 Å². The Morgan fingerprint density at radius 3 is 2.39 bits per heavy atom. The van der Waals surface area contributed by atoms with Crippen molar-refractivity contribution < 1.29 is 9.53 Å². The molecule has 96 valence electrons. The van der Waals surface area contributed by atoms with Crippen LogP contribution in [0.5, 0.6) is 0 Å². The molecule has 1 aliphatic rings. The molecular weight excluding hydrogens is 224 g/mol. The third-order valence-corrected chi connectivity index (χ3v) is 3.63. The Labute approximate surface area is 109 Å². The summed E-state index contributed by atoms with van der Waals surface area (Å²) in [6.07, 6.45) is 7.27. The summed E-state index contributed by atoms with van der Waals surface area (Å²) < 4.78 is 5.67. The van der Waals surface area contributed by atoms with Crippen molar-refractivity contribution in [1.29, 1.82) is 0 Å². The Balaban J connectivity index is 2.04. The van der Waals surface area contributed by atoms with E-state index in [1.165, 1.54) is 6.42 Å². The molecule has 0 amide bonds. The lowest BCUT2D eigenvalue weighted by Gasteiger charge is -2.33. The molecule has 1 aromatic rings. The Bertz CT molecular complexity index is 425. The highest BCUT2D eigenvalue weighted by Gasteiger charge is 2.30. The standard InChI is InChI=1S/C16H20O2/c1-3-13-7-9-14(10-8-13)15(17)18-16(2)11-5-4-6-12-16/h3,7-10H,1,4-6,11-12H2,2H3. The van der Waals surface area contributed by atoms with Gasteiger partial charge in [-0.2, -0.15) is 0 Å². The molecule has 0 radical (unpaired) electrons. The van der Waals surface area contributed by atoms with E-state index >= 15 is 0 Å². The smallest absolute Gasteiger partial charge is 0.338 e. The zero-order valence-electron chi connectivity index (χ0n) is 10.9. The Hall–Kier alpha value is -1.57. The van der Waals surface area contributed by atoms with Gasteiger partial charge in [-0.15, -0.1) is 0 Å². The maximum Gasteiger partial charge on any atom is 0.338 e. The first-order chi connectivity index (χ1) is 8.63. The summed E-state index contributed by atoms with van der Waals surface area (Å²) in [5.74, 6) is -0.213. The van der Waals surface area contributed by atoms with E-state index in [0.29, 0.717) is 5.56 Å². The zero-order chi connectivity index (χ0) is 13.0. The van der Waals surface area contributed by atoms with Gasteiger partial charge in [0, 0.05) is 0 Å². The molecule has 0 aromatic heterocycles. The lowest BCUT2D eigenvalue weighted by atomic mass is 9.86. The van der Waals surface area contributed by atoms with Gasteiger partial charge in [0.2, 0.25) is 0 Å². The number of benzene rings is 1.